The highest BCUT2D eigenvalue weighted by Crippen LogP contribution is 2.39. The van der Waals surface area contributed by atoms with E-state index in [4.69, 9.17) is 14.2 Å². The second kappa shape index (κ2) is 8.82. The first-order valence-corrected chi connectivity index (χ1v) is 11.1. The summed E-state index contributed by atoms with van der Waals surface area (Å²) >= 11 is 0. The van der Waals surface area contributed by atoms with Crippen molar-refractivity contribution >= 4 is 17.7 Å². The van der Waals surface area contributed by atoms with Crippen molar-refractivity contribution in [3.05, 3.63) is 75.8 Å². The van der Waals surface area contributed by atoms with Gasteiger partial charge in [-0.3, -0.25) is 15.0 Å². The van der Waals surface area contributed by atoms with Crippen molar-refractivity contribution < 1.29 is 28.7 Å². The molecule has 1 amide bonds. The van der Waals surface area contributed by atoms with Crippen molar-refractivity contribution in [3.63, 3.8) is 0 Å². The molecular formula is C24H24N2O7. The van der Waals surface area contributed by atoms with Crippen molar-refractivity contribution in [2.45, 2.75) is 56.1 Å². The van der Waals surface area contributed by atoms with E-state index in [1.807, 2.05) is 30.3 Å². The number of nitro groups is 1. The summed E-state index contributed by atoms with van der Waals surface area (Å²) in [6.45, 7) is 0.267. The molecule has 3 fully saturated rings. The zero-order valence-electron chi connectivity index (χ0n) is 17.9. The van der Waals surface area contributed by atoms with E-state index in [1.165, 1.54) is 24.3 Å². The van der Waals surface area contributed by atoms with Gasteiger partial charge >= 0.3 is 12.1 Å². The molecule has 9 nitrogen and oxygen atoms in total. The minimum atomic E-state index is -0.576. The third-order valence-electron chi connectivity index (χ3n) is 6.61. The van der Waals surface area contributed by atoms with Crippen LogP contribution in [0, 0.1) is 10.1 Å². The van der Waals surface area contributed by atoms with Crippen LogP contribution in [-0.4, -0.2) is 58.9 Å². The maximum absolute atomic E-state index is 12.9. The third-order valence-corrected chi connectivity index (χ3v) is 6.61. The second-order valence-corrected chi connectivity index (χ2v) is 8.68. The number of hydrogen-bond acceptors (Lipinski definition) is 7. The van der Waals surface area contributed by atoms with Gasteiger partial charge in [0.15, 0.2) is 0 Å². The number of nitrogens with zero attached hydrogens (tertiary/aromatic N) is 2. The molecule has 3 heterocycles. The van der Waals surface area contributed by atoms with Gasteiger partial charge in [-0.25, -0.2) is 9.59 Å². The first-order chi connectivity index (χ1) is 16.0. The molecule has 0 unspecified atom stereocenters. The van der Waals surface area contributed by atoms with Gasteiger partial charge in [0.25, 0.3) is 5.69 Å². The number of benzene rings is 2. The number of fused-ring (bicyclic) bond motifs is 2. The van der Waals surface area contributed by atoms with Crippen molar-refractivity contribution in [1.29, 1.82) is 0 Å². The first-order valence-electron chi connectivity index (χ1n) is 11.1. The summed E-state index contributed by atoms with van der Waals surface area (Å²) in [6, 6.07) is 14.5. The van der Waals surface area contributed by atoms with Gasteiger partial charge in [0.05, 0.1) is 34.8 Å². The number of ether oxygens (including phenoxy) is 3. The number of carbonyl (C=O) groups excluding carboxylic acids is 2. The van der Waals surface area contributed by atoms with Crippen LogP contribution in [0.25, 0.3) is 0 Å². The summed E-state index contributed by atoms with van der Waals surface area (Å²) < 4.78 is 17.4. The van der Waals surface area contributed by atoms with Crippen LogP contribution in [0.4, 0.5) is 10.5 Å². The highest BCUT2D eigenvalue weighted by Gasteiger charge is 2.52. The predicted molar refractivity (Wildman–Crippen MR) is 116 cm³/mol. The number of hydrogen-bond donors (Lipinski definition) is 0. The molecule has 0 aromatic heterocycles. The lowest BCUT2D eigenvalue weighted by Gasteiger charge is -2.42. The largest absolute Gasteiger partial charge is 0.456 e. The Kier molecular flexibility index (Phi) is 5.72. The highest BCUT2D eigenvalue weighted by molar-refractivity contribution is 5.89. The fourth-order valence-corrected chi connectivity index (χ4v) is 5.08. The molecule has 9 heteroatoms. The topological polar surface area (TPSA) is 108 Å². The molecule has 0 saturated carbocycles. The molecule has 2 aromatic rings. The molecule has 5 atom stereocenters. The number of non-ortho nitro benzene ring substituents is 1. The molecule has 3 aliphatic rings. The summed E-state index contributed by atoms with van der Waals surface area (Å²) in [6.07, 6.45) is 1.51. The summed E-state index contributed by atoms with van der Waals surface area (Å²) in [5, 5.41) is 10.9. The number of rotatable bonds is 6. The monoisotopic (exact) mass is 452 g/mol. The SMILES string of the molecule is O=C(O[C@H]1C[C@H]2CC[C@H](O2)[C@H]1N1C(=O)OC[C@H]1Cc1ccccc1)c1ccc([N+](=O)[O-])cc1. The Hall–Kier alpha value is -3.46. The molecule has 3 aliphatic heterocycles. The normalized spacial score (nSPS) is 28.4. The molecule has 0 radical (unpaired) electrons. The summed E-state index contributed by atoms with van der Waals surface area (Å²) in [5.74, 6) is -0.576. The lowest BCUT2D eigenvalue weighted by molar-refractivity contribution is -0.384. The van der Waals surface area contributed by atoms with Gasteiger partial charge < -0.3 is 14.2 Å². The van der Waals surface area contributed by atoms with E-state index in [1.54, 1.807) is 4.90 Å². The lowest BCUT2D eigenvalue weighted by atomic mass is 9.95. The standard InChI is InChI=1S/C24H24N2O7/c27-23(16-6-8-17(9-7-16)26(29)30)33-21-13-19-10-11-20(32-19)22(21)25-18(14-31-24(25)28)12-15-4-2-1-3-5-15/h1-9,18-22H,10-14H2/t18-,19-,20+,21+,22-/m1/s1. The van der Waals surface area contributed by atoms with Crippen molar-refractivity contribution in [3.8, 4) is 0 Å². The summed E-state index contributed by atoms with van der Waals surface area (Å²) in [5.41, 5.74) is 1.21. The average Bonchev–Trinajstić information content (AvgIpc) is 3.38. The Labute approximate surface area is 190 Å². The number of cyclic esters (lactones) is 1. The number of nitro benzene ring substituents is 1. The second-order valence-electron chi connectivity index (χ2n) is 8.68. The molecule has 0 N–H and O–H groups in total. The molecule has 5 rings (SSSR count). The van der Waals surface area contributed by atoms with E-state index < -0.39 is 29.1 Å². The van der Waals surface area contributed by atoms with Crippen LogP contribution in [0.1, 0.15) is 35.2 Å². The first kappa shape index (κ1) is 21.4. The molecule has 2 aromatic carbocycles. The zero-order valence-corrected chi connectivity index (χ0v) is 17.9. The maximum atomic E-state index is 12.9. The lowest BCUT2D eigenvalue weighted by Crippen LogP contribution is -2.58. The molecule has 0 spiro atoms. The van der Waals surface area contributed by atoms with Gasteiger partial charge in [-0.05, 0) is 37.0 Å². The maximum Gasteiger partial charge on any atom is 0.410 e. The van der Waals surface area contributed by atoms with Gasteiger partial charge in [0.2, 0.25) is 0 Å². The molecule has 3 saturated heterocycles. The van der Waals surface area contributed by atoms with Crippen LogP contribution in [0.2, 0.25) is 0 Å². The number of carbonyl (C=O) groups is 2. The van der Waals surface area contributed by atoms with E-state index in [9.17, 15) is 19.7 Å². The number of amides is 1. The van der Waals surface area contributed by atoms with Crippen LogP contribution < -0.4 is 0 Å². The van der Waals surface area contributed by atoms with Crippen LogP contribution in [-0.2, 0) is 20.6 Å². The van der Waals surface area contributed by atoms with E-state index in [0.717, 1.165) is 18.4 Å². The van der Waals surface area contributed by atoms with Gasteiger partial charge in [0.1, 0.15) is 12.7 Å². The summed E-state index contributed by atoms with van der Waals surface area (Å²) in [4.78, 5) is 37.7. The van der Waals surface area contributed by atoms with Crippen LogP contribution in [0.3, 0.4) is 0 Å². The fourth-order valence-electron chi connectivity index (χ4n) is 5.08. The van der Waals surface area contributed by atoms with Gasteiger partial charge in [-0.15, -0.1) is 0 Å². The minimum absolute atomic E-state index is 0.0212. The van der Waals surface area contributed by atoms with Crippen molar-refractivity contribution in [1.82, 2.24) is 4.90 Å². The minimum Gasteiger partial charge on any atom is -0.456 e. The molecular weight excluding hydrogens is 428 g/mol. The van der Waals surface area contributed by atoms with Crippen LogP contribution in [0.15, 0.2) is 54.6 Å². The molecule has 172 valence electrons. The summed E-state index contributed by atoms with van der Waals surface area (Å²) in [7, 11) is 0. The third kappa shape index (κ3) is 4.28. The molecule has 2 bridgehead atoms. The predicted octanol–water partition coefficient (Wildman–Crippen LogP) is 3.50. The Morgan fingerprint density at radius 3 is 2.61 bits per heavy atom. The Morgan fingerprint density at radius 2 is 1.88 bits per heavy atom. The average molecular weight is 452 g/mol. The Morgan fingerprint density at radius 1 is 1.12 bits per heavy atom. The van der Waals surface area contributed by atoms with Gasteiger partial charge in [0, 0.05) is 18.6 Å². The fraction of sp³-hybridized carbons (Fsp3) is 0.417. The molecule has 33 heavy (non-hydrogen) atoms. The van der Waals surface area contributed by atoms with Gasteiger partial charge in [-0.1, -0.05) is 30.3 Å². The van der Waals surface area contributed by atoms with E-state index in [0.29, 0.717) is 12.8 Å². The smallest absolute Gasteiger partial charge is 0.410 e. The molecule has 0 aliphatic carbocycles. The van der Waals surface area contributed by atoms with E-state index in [-0.39, 0.29) is 36.1 Å². The quantitative estimate of drug-likeness (QED) is 0.375. The Balaban J connectivity index is 1.37. The van der Waals surface area contributed by atoms with Crippen molar-refractivity contribution in [2.24, 2.45) is 0 Å². The number of esters is 1. The van der Waals surface area contributed by atoms with Gasteiger partial charge in [-0.2, -0.15) is 0 Å². The Bertz CT molecular complexity index is 1040. The van der Waals surface area contributed by atoms with Crippen LogP contribution >= 0.6 is 0 Å². The van der Waals surface area contributed by atoms with E-state index in [2.05, 4.69) is 0 Å². The van der Waals surface area contributed by atoms with E-state index >= 15 is 0 Å². The van der Waals surface area contributed by atoms with Crippen molar-refractivity contribution in [2.75, 3.05) is 6.61 Å². The zero-order chi connectivity index (χ0) is 22.9. The van der Waals surface area contributed by atoms with Crippen LogP contribution in [0.5, 0.6) is 0 Å². The highest BCUT2D eigenvalue weighted by atomic mass is 16.6.